The van der Waals surface area contributed by atoms with Crippen molar-refractivity contribution in [2.24, 2.45) is 4.36 Å². The van der Waals surface area contributed by atoms with Gasteiger partial charge in [0.05, 0.1) is 16.8 Å². The first kappa shape index (κ1) is 17.7. The topological polar surface area (TPSA) is 73.7 Å². The van der Waals surface area contributed by atoms with Gasteiger partial charge in [-0.1, -0.05) is 12.1 Å². The number of methoxy groups -OCH3 is 1. The molecule has 0 N–H and O–H groups in total. The highest BCUT2D eigenvalue weighted by Crippen LogP contribution is 2.35. The van der Waals surface area contributed by atoms with Crippen molar-refractivity contribution in [1.82, 2.24) is 9.97 Å². The van der Waals surface area contributed by atoms with Crippen LogP contribution in [-0.4, -0.2) is 33.6 Å². The van der Waals surface area contributed by atoms with Gasteiger partial charge in [0.15, 0.2) is 0 Å². The number of fused-ring (bicyclic) bond motifs is 1. The van der Waals surface area contributed by atoms with Gasteiger partial charge in [-0.3, -0.25) is 4.98 Å². The molecule has 1 fully saturated rings. The highest BCUT2D eigenvalue weighted by atomic mass is 32.2. The first-order valence-electron chi connectivity index (χ1n) is 8.79. The lowest BCUT2D eigenvalue weighted by Crippen LogP contribution is -2.08. The van der Waals surface area contributed by atoms with E-state index in [1.54, 1.807) is 26.6 Å². The third-order valence-electron chi connectivity index (χ3n) is 4.66. The third kappa shape index (κ3) is 3.35. The van der Waals surface area contributed by atoms with Crippen molar-refractivity contribution in [3.05, 3.63) is 54.4 Å². The maximum Gasteiger partial charge on any atom is 0.240 e. The summed E-state index contributed by atoms with van der Waals surface area (Å²) in [6.07, 6.45) is 5.31. The Bertz CT molecular complexity index is 1100. The molecule has 1 atom stereocenters. The van der Waals surface area contributed by atoms with E-state index in [2.05, 4.69) is 14.3 Å². The smallest absolute Gasteiger partial charge is 0.240 e. The fourth-order valence-electron chi connectivity index (χ4n) is 3.12. The van der Waals surface area contributed by atoms with E-state index in [9.17, 15) is 4.21 Å². The molecule has 1 aliphatic rings. The molecule has 0 radical (unpaired) electrons. The Labute approximate surface area is 158 Å². The van der Waals surface area contributed by atoms with Crippen molar-refractivity contribution in [2.45, 2.75) is 29.6 Å². The second-order valence-corrected chi connectivity index (χ2v) is 9.05. The van der Waals surface area contributed by atoms with Crippen molar-refractivity contribution in [2.75, 3.05) is 14.2 Å². The normalized spacial score (nSPS) is 15.9. The molecule has 1 unspecified atom stereocenters. The van der Waals surface area contributed by atoms with Gasteiger partial charge in [0.25, 0.3) is 0 Å². The molecule has 2 aromatic heterocycles. The first-order chi connectivity index (χ1) is 13.2. The zero-order valence-corrected chi connectivity index (χ0v) is 16.1. The van der Waals surface area contributed by atoms with Crippen LogP contribution in [0, 0.1) is 0 Å². The zero-order chi connectivity index (χ0) is 18.9. The predicted octanol–water partition coefficient (Wildman–Crippen LogP) is 3.84. The molecule has 4 rings (SSSR count). The minimum Gasteiger partial charge on any atom is -0.488 e. The number of rotatable bonds is 6. The van der Waals surface area contributed by atoms with Crippen LogP contribution in [0.3, 0.4) is 0 Å². The summed E-state index contributed by atoms with van der Waals surface area (Å²) >= 11 is 0. The standard InChI is InChI=1S/C20H21N3O3S/c1-21-27(24,15-6-7-15)16-5-3-4-14(12-16)13-26-18-9-11-22-19-17(18)8-10-23-20(19)25-2/h3-5,8-12,15H,6-7,13H2,1-2H3. The third-order valence-corrected chi connectivity index (χ3v) is 7.50. The van der Waals surface area contributed by atoms with Crippen LogP contribution in [0.25, 0.3) is 10.9 Å². The van der Waals surface area contributed by atoms with Gasteiger partial charge in [-0.05, 0) is 42.7 Å². The summed E-state index contributed by atoms with van der Waals surface area (Å²) in [5.41, 5.74) is 1.61. The number of pyridine rings is 2. The van der Waals surface area contributed by atoms with Gasteiger partial charge in [-0.15, -0.1) is 0 Å². The van der Waals surface area contributed by atoms with Gasteiger partial charge in [0.2, 0.25) is 5.88 Å². The van der Waals surface area contributed by atoms with Gasteiger partial charge < -0.3 is 9.47 Å². The molecule has 0 aliphatic heterocycles. The Morgan fingerprint density at radius 1 is 1.19 bits per heavy atom. The summed E-state index contributed by atoms with van der Waals surface area (Å²) in [5, 5.41) is 1.02. The van der Waals surface area contributed by atoms with E-state index >= 15 is 0 Å². The summed E-state index contributed by atoms with van der Waals surface area (Å²) in [4.78, 5) is 9.30. The molecule has 0 saturated heterocycles. The van der Waals surface area contributed by atoms with Gasteiger partial charge in [-0.25, -0.2) is 13.6 Å². The largest absolute Gasteiger partial charge is 0.488 e. The van der Waals surface area contributed by atoms with Gasteiger partial charge in [0.1, 0.15) is 17.9 Å². The maximum atomic E-state index is 13.2. The van der Waals surface area contributed by atoms with E-state index < -0.39 is 9.73 Å². The van der Waals surface area contributed by atoms with Crippen molar-refractivity contribution < 1.29 is 13.7 Å². The Morgan fingerprint density at radius 3 is 2.74 bits per heavy atom. The summed E-state index contributed by atoms with van der Waals surface area (Å²) in [7, 11) is 0.890. The lowest BCUT2D eigenvalue weighted by molar-refractivity contribution is 0.309. The molecule has 3 aromatic rings. The Hall–Kier alpha value is -2.67. The minimum absolute atomic E-state index is 0.183. The van der Waals surface area contributed by atoms with E-state index in [4.69, 9.17) is 9.47 Å². The van der Waals surface area contributed by atoms with Crippen LogP contribution in [-0.2, 0) is 16.3 Å². The molecule has 140 valence electrons. The van der Waals surface area contributed by atoms with E-state index in [1.807, 2.05) is 36.4 Å². The van der Waals surface area contributed by atoms with Crippen LogP contribution >= 0.6 is 0 Å². The van der Waals surface area contributed by atoms with Gasteiger partial charge >= 0.3 is 0 Å². The van der Waals surface area contributed by atoms with Crippen molar-refractivity contribution in [3.63, 3.8) is 0 Å². The van der Waals surface area contributed by atoms with Crippen molar-refractivity contribution >= 4 is 20.6 Å². The quantitative estimate of drug-likeness (QED) is 0.647. The van der Waals surface area contributed by atoms with Crippen LogP contribution in [0.4, 0.5) is 0 Å². The molecule has 1 aliphatic carbocycles. The molecule has 1 aromatic carbocycles. The van der Waals surface area contributed by atoms with Crippen LogP contribution in [0.5, 0.6) is 11.6 Å². The fraction of sp³-hybridized carbons (Fsp3) is 0.300. The van der Waals surface area contributed by atoms with Crippen LogP contribution in [0.1, 0.15) is 18.4 Å². The number of ether oxygens (including phenoxy) is 2. The summed E-state index contributed by atoms with van der Waals surface area (Å²) in [6, 6.07) is 11.4. The zero-order valence-electron chi connectivity index (χ0n) is 15.3. The van der Waals surface area contributed by atoms with E-state index in [1.165, 1.54) is 0 Å². The molecule has 1 saturated carbocycles. The molecule has 7 heteroatoms. The lowest BCUT2D eigenvalue weighted by atomic mass is 10.2. The van der Waals surface area contributed by atoms with Crippen molar-refractivity contribution in [1.29, 1.82) is 0 Å². The summed E-state index contributed by atoms with van der Waals surface area (Å²) < 4.78 is 28.7. The van der Waals surface area contributed by atoms with Crippen LogP contribution in [0.15, 0.2) is 58.1 Å². The number of hydrogen-bond donors (Lipinski definition) is 0. The molecule has 6 nitrogen and oxygen atoms in total. The summed E-state index contributed by atoms with van der Waals surface area (Å²) in [6.45, 7) is 0.363. The number of hydrogen-bond acceptors (Lipinski definition) is 6. The highest BCUT2D eigenvalue weighted by Gasteiger charge is 2.34. The molecular weight excluding hydrogens is 362 g/mol. The Balaban J connectivity index is 1.61. The van der Waals surface area contributed by atoms with Gasteiger partial charge in [-0.2, -0.15) is 0 Å². The van der Waals surface area contributed by atoms with E-state index in [0.717, 1.165) is 28.7 Å². The van der Waals surface area contributed by atoms with Gasteiger partial charge in [0, 0.05) is 35.0 Å². The average Bonchev–Trinajstić information content (AvgIpc) is 3.57. The monoisotopic (exact) mass is 383 g/mol. The second-order valence-electron chi connectivity index (χ2n) is 6.41. The predicted molar refractivity (Wildman–Crippen MR) is 105 cm³/mol. The maximum absolute atomic E-state index is 13.2. The Morgan fingerprint density at radius 2 is 2.00 bits per heavy atom. The first-order valence-corrected chi connectivity index (χ1v) is 10.4. The number of aromatic nitrogens is 2. The number of nitrogens with zero attached hydrogens (tertiary/aromatic N) is 3. The SMILES string of the molecule is CN=S(=O)(c1cccc(COc2ccnc3c(OC)nccc23)c1)C1CC1. The summed E-state index contributed by atoms with van der Waals surface area (Å²) in [5.74, 6) is 1.17. The van der Waals surface area contributed by atoms with Crippen LogP contribution in [0.2, 0.25) is 0 Å². The average molecular weight is 383 g/mol. The van der Waals surface area contributed by atoms with Crippen molar-refractivity contribution in [3.8, 4) is 11.6 Å². The molecule has 0 bridgehead atoms. The van der Waals surface area contributed by atoms with E-state index in [0.29, 0.717) is 23.8 Å². The molecule has 0 spiro atoms. The fourth-order valence-corrected chi connectivity index (χ4v) is 5.38. The minimum atomic E-state index is -2.33. The Kier molecular flexibility index (Phi) is 4.70. The lowest BCUT2D eigenvalue weighted by Gasteiger charge is -2.12. The number of benzene rings is 1. The highest BCUT2D eigenvalue weighted by molar-refractivity contribution is 7.94. The second kappa shape index (κ2) is 7.15. The molecular formula is C20H21N3O3S. The van der Waals surface area contributed by atoms with Crippen LogP contribution < -0.4 is 9.47 Å². The molecule has 27 heavy (non-hydrogen) atoms. The molecule has 2 heterocycles. The van der Waals surface area contributed by atoms with E-state index in [-0.39, 0.29) is 5.25 Å². The molecule has 0 amide bonds.